The lowest BCUT2D eigenvalue weighted by molar-refractivity contribution is 1.20. The Balaban J connectivity index is 2.57. The normalized spacial score (nSPS) is 12.4. The molecule has 0 radical (unpaired) electrons. The SMILES string of the molecule is CC[Si](CC)(CC)/C(=C\c1ccccc1)c1ccccc1. The van der Waals surface area contributed by atoms with Gasteiger partial charge in [0.05, 0.1) is 8.07 Å². The Bertz CT molecular complexity index is 557. The van der Waals surface area contributed by atoms with Crippen LogP contribution in [0.15, 0.2) is 60.7 Å². The van der Waals surface area contributed by atoms with Crippen LogP contribution < -0.4 is 0 Å². The molecule has 2 aromatic carbocycles. The summed E-state index contributed by atoms with van der Waals surface area (Å²) in [5.74, 6) is 0. The van der Waals surface area contributed by atoms with Crippen LogP contribution in [-0.4, -0.2) is 8.07 Å². The minimum atomic E-state index is -1.41. The maximum Gasteiger partial charge on any atom is 0.0867 e. The predicted molar refractivity (Wildman–Crippen MR) is 98.0 cm³/mol. The molecule has 0 nitrogen and oxygen atoms in total. The molecule has 0 atom stereocenters. The van der Waals surface area contributed by atoms with Gasteiger partial charge in [0, 0.05) is 0 Å². The number of hydrogen-bond donors (Lipinski definition) is 0. The van der Waals surface area contributed by atoms with Crippen molar-refractivity contribution >= 4 is 19.3 Å². The minimum Gasteiger partial charge on any atom is -0.0675 e. The van der Waals surface area contributed by atoms with Crippen LogP contribution in [0, 0.1) is 0 Å². The first-order valence-electron chi connectivity index (χ1n) is 8.08. The summed E-state index contributed by atoms with van der Waals surface area (Å²) in [6.45, 7) is 7.13. The van der Waals surface area contributed by atoms with Gasteiger partial charge < -0.3 is 0 Å². The average molecular weight is 295 g/mol. The van der Waals surface area contributed by atoms with Crippen molar-refractivity contribution < 1.29 is 0 Å². The van der Waals surface area contributed by atoms with Crippen molar-refractivity contribution in [3.8, 4) is 0 Å². The van der Waals surface area contributed by atoms with Gasteiger partial charge in [0.1, 0.15) is 0 Å². The van der Waals surface area contributed by atoms with E-state index in [1.54, 1.807) is 5.20 Å². The lowest BCUT2D eigenvalue weighted by atomic mass is 10.1. The first kappa shape index (κ1) is 15.8. The van der Waals surface area contributed by atoms with Gasteiger partial charge in [-0.1, -0.05) is 111 Å². The maximum absolute atomic E-state index is 2.44. The van der Waals surface area contributed by atoms with Crippen molar-refractivity contribution in [2.24, 2.45) is 0 Å². The topological polar surface area (TPSA) is 0 Å². The molecule has 0 saturated carbocycles. The molecule has 110 valence electrons. The van der Waals surface area contributed by atoms with E-state index in [0.29, 0.717) is 0 Å². The lowest BCUT2D eigenvalue weighted by Crippen LogP contribution is -2.33. The molecular weight excluding hydrogens is 268 g/mol. The molecule has 0 N–H and O–H groups in total. The van der Waals surface area contributed by atoms with E-state index in [-0.39, 0.29) is 0 Å². The summed E-state index contributed by atoms with van der Waals surface area (Å²) in [5.41, 5.74) is 2.74. The highest BCUT2D eigenvalue weighted by atomic mass is 28.3. The molecular formula is C20H26Si. The van der Waals surface area contributed by atoms with Gasteiger partial charge in [-0.05, 0) is 11.1 Å². The second kappa shape index (κ2) is 7.42. The standard InChI is InChI=1S/C20H26Si/c1-4-21(5-2,6-3)20(19-15-11-8-12-16-19)17-18-13-9-7-10-14-18/h7-17H,4-6H2,1-3H3/b20-17-. The fraction of sp³-hybridized carbons (Fsp3) is 0.300. The molecule has 0 unspecified atom stereocenters. The van der Waals surface area contributed by atoms with Gasteiger partial charge in [-0.25, -0.2) is 0 Å². The van der Waals surface area contributed by atoms with E-state index in [9.17, 15) is 0 Å². The van der Waals surface area contributed by atoms with Gasteiger partial charge in [-0.2, -0.15) is 0 Å². The summed E-state index contributed by atoms with van der Waals surface area (Å²) >= 11 is 0. The highest BCUT2D eigenvalue weighted by Crippen LogP contribution is 2.36. The van der Waals surface area contributed by atoms with Crippen molar-refractivity contribution in [1.29, 1.82) is 0 Å². The molecule has 0 spiro atoms. The Labute approximate surface area is 130 Å². The Morgan fingerprint density at radius 1 is 0.762 bits per heavy atom. The first-order chi connectivity index (χ1) is 10.3. The van der Waals surface area contributed by atoms with E-state index in [0.717, 1.165) is 0 Å². The first-order valence-corrected chi connectivity index (χ1v) is 10.7. The maximum atomic E-state index is 2.44. The predicted octanol–water partition coefficient (Wildman–Crippen LogP) is 6.27. The van der Waals surface area contributed by atoms with Crippen LogP contribution in [0.1, 0.15) is 31.9 Å². The molecule has 0 fully saturated rings. The quantitative estimate of drug-likeness (QED) is 0.435. The largest absolute Gasteiger partial charge is 0.0867 e. The van der Waals surface area contributed by atoms with Crippen molar-refractivity contribution in [3.63, 3.8) is 0 Å². The minimum absolute atomic E-state index is 1.31. The summed E-state index contributed by atoms with van der Waals surface area (Å²) < 4.78 is 0. The molecule has 0 aromatic heterocycles. The molecule has 0 amide bonds. The van der Waals surface area contributed by atoms with E-state index >= 15 is 0 Å². The molecule has 1 heteroatoms. The number of benzene rings is 2. The van der Waals surface area contributed by atoms with E-state index in [1.165, 1.54) is 29.3 Å². The molecule has 0 aliphatic heterocycles. The molecule has 0 saturated heterocycles. The van der Waals surface area contributed by atoms with Gasteiger partial charge in [-0.3, -0.25) is 0 Å². The zero-order chi connectivity index (χ0) is 15.1. The number of rotatable bonds is 6. The van der Waals surface area contributed by atoms with Crippen LogP contribution in [0.3, 0.4) is 0 Å². The molecule has 0 bridgehead atoms. The van der Waals surface area contributed by atoms with Gasteiger partial charge in [0.15, 0.2) is 0 Å². The molecule has 0 heterocycles. The summed E-state index contributed by atoms with van der Waals surface area (Å²) in [6.07, 6.45) is 2.44. The Kier molecular flexibility index (Phi) is 5.57. The van der Waals surface area contributed by atoms with Crippen LogP contribution in [-0.2, 0) is 0 Å². The fourth-order valence-corrected chi connectivity index (χ4v) is 7.09. The van der Waals surface area contributed by atoms with E-state index in [2.05, 4.69) is 87.5 Å². The van der Waals surface area contributed by atoms with Gasteiger partial charge >= 0.3 is 0 Å². The van der Waals surface area contributed by atoms with E-state index in [1.807, 2.05) is 0 Å². The van der Waals surface area contributed by atoms with E-state index < -0.39 is 8.07 Å². The third-order valence-corrected chi connectivity index (χ3v) is 10.4. The summed E-state index contributed by atoms with van der Waals surface area (Å²) in [6, 6.07) is 25.7. The highest BCUT2D eigenvalue weighted by molar-refractivity contribution is 6.97. The Morgan fingerprint density at radius 3 is 1.71 bits per heavy atom. The van der Waals surface area contributed by atoms with Gasteiger partial charge in [0.2, 0.25) is 0 Å². The van der Waals surface area contributed by atoms with Crippen molar-refractivity contribution in [2.75, 3.05) is 0 Å². The van der Waals surface area contributed by atoms with Crippen LogP contribution in [0.25, 0.3) is 11.3 Å². The smallest absolute Gasteiger partial charge is 0.0675 e. The van der Waals surface area contributed by atoms with Crippen molar-refractivity contribution in [1.82, 2.24) is 0 Å². The molecule has 21 heavy (non-hydrogen) atoms. The van der Waals surface area contributed by atoms with Crippen LogP contribution >= 0.6 is 0 Å². The second-order valence-electron chi connectivity index (χ2n) is 5.68. The van der Waals surface area contributed by atoms with E-state index in [4.69, 9.17) is 0 Å². The molecule has 2 rings (SSSR count). The van der Waals surface area contributed by atoms with Crippen molar-refractivity contribution in [2.45, 2.75) is 38.9 Å². The molecule has 2 aromatic rings. The van der Waals surface area contributed by atoms with Crippen LogP contribution in [0.4, 0.5) is 0 Å². The molecule has 0 aliphatic rings. The highest BCUT2D eigenvalue weighted by Gasteiger charge is 2.32. The lowest BCUT2D eigenvalue weighted by Gasteiger charge is -2.32. The zero-order valence-electron chi connectivity index (χ0n) is 13.5. The van der Waals surface area contributed by atoms with Crippen LogP contribution in [0.5, 0.6) is 0 Å². The van der Waals surface area contributed by atoms with Gasteiger partial charge in [-0.15, -0.1) is 0 Å². The molecule has 0 aliphatic carbocycles. The van der Waals surface area contributed by atoms with Gasteiger partial charge in [0.25, 0.3) is 0 Å². The summed E-state index contributed by atoms with van der Waals surface area (Å²) in [7, 11) is -1.41. The fourth-order valence-electron chi connectivity index (χ4n) is 3.20. The third-order valence-electron chi connectivity index (χ3n) is 4.80. The monoisotopic (exact) mass is 294 g/mol. The van der Waals surface area contributed by atoms with Crippen LogP contribution in [0.2, 0.25) is 18.1 Å². The average Bonchev–Trinajstić information content (AvgIpc) is 2.57. The number of hydrogen-bond acceptors (Lipinski definition) is 0. The van der Waals surface area contributed by atoms with Crippen molar-refractivity contribution in [3.05, 3.63) is 71.8 Å². The second-order valence-corrected chi connectivity index (χ2v) is 10.9. The Morgan fingerprint density at radius 2 is 1.24 bits per heavy atom. The Hall–Kier alpha value is -1.60. The summed E-state index contributed by atoms with van der Waals surface area (Å²) in [4.78, 5) is 0. The summed E-state index contributed by atoms with van der Waals surface area (Å²) in [5, 5.41) is 1.61. The zero-order valence-corrected chi connectivity index (χ0v) is 14.5. The third kappa shape index (κ3) is 3.54.